The van der Waals surface area contributed by atoms with Gasteiger partial charge in [0.25, 0.3) is 5.91 Å². The number of hydrogen-bond acceptors (Lipinski definition) is 5. The zero-order valence-corrected chi connectivity index (χ0v) is 18.0. The zero-order valence-electron chi connectivity index (χ0n) is 17.1. The molecule has 0 spiro atoms. The van der Waals surface area contributed by atoms with Gasteiger partial charge in [0, 0.05) is 5.56 Å². The largest absolute Gasteiger partial charge is 0.494 e. The second-order valence-corrected chi connectivity index (χ2v) is 7.88. The topological polar surface area (TPSA) is 59.9 Å². The number of terminal acetylenes is 1. The fourth-order valence-electron chi connectivity index (χ4n) is 3.28. The number of ether oxygens (including phenoxy) is 2. The summed E-state index contributed by atoms with van der Waals surface area (Å²) in [4.78, 5) is 17.8. The van der Waals surface area contributed by atoms with Crippen molar-refractivity contribution >= 4 is 45.4 Å². The Morgan fingerprint density at radius 3 is 2.77 bits per heavy atom. The van der Waals surface area contributed by atoms with E-state index in [2.05, 4.69) is 16.2 Å². The first-order valence-corrected chi connectivity index (χ1v) is 10.4. The number of carbonyl (C=O) groups excluding carboxylic acids is 1. The van der Waals surface area contributed by atoms with Gasteiger partial charge in [-0.2, -0.15) is 0 Å². The number of carbonyl (C=O) groups is 1. The van der Waals surface area contributed by atoms with Gasteiger partial charge in [-0.1, -0.05) is 42.3 Å². The van der Waals surface area contributed by atoms with E-state index >= 15 is 0 Å². The summed E-state index contributed by atoms with van der Waals surface area (Å²) in [6, 6.07) is 17.5. The van der Waals surface area contributed by atoms with Crippen LogP contribution in [0.25, 0.3) is 16.8 Å². The van der Waals surface area contributed by atoms with Crippen LogP contribution in [0.15, 0.2) is 64.5 Å². The molecule has 31 heavy (non-hydrogen) atoms. The number of aryl methyl sites for hydroxylation is 1. The predicted molar refractivity (Wildman–Crippen MR) is 127 cm³/mol. The Morgan fingerprint density at radius 2 is 1.97 bits per heavy atom. The minimum atomic E-state index is -0.216. The van der Waals surface area contributed by atoms with Crippen LogP contribution in [0.1, 0.15) is 11.1 Å². The van der Waals surface area contributed by atoms with E-state index in [1.165, 1.54) is 11.8 Å². The minimum Gasteiger partial charge on any atom is -0.494 e. The lowest BCUT2D eigenvalue weighted by Crippen LogP contribution is -2.19. The van der Waals surface area contributed by atoms with E-state index in [9.17, 15) is 4.79 Å². The number of aliphatic imine (C=N–C) groups is 1. The van der Waals surface area contributed by atoms with Crippen LogP contribution in [0.3, 0.4) is 0 Å². The molecule has 1 aliphatic rings. The predicted octanol–water partition coefficient (Wildman–Crippen LogP) is 5.06. The highest BCUT2D eigenvalue weighted by atomic mass is 32.2. The summed E-state index contributed by atoms with van der Waals surface area (Å²) in [6.45, 7) is 2.13. The van der Waals surface area contributed by atoms with Gasteiger partial charge in [0.05, 0.1) is 12.0 Å². The van der Waals surface area contributed by atoms with Crippen LogP contribution in [-0.2, 0) is 4.79 Å². The third-order valence-electron chi connectivity index (χ3n) is 4.72. The van der Waals surface area contributed by atoms with Crippen molar-refractivity contribution < 1.29 is 14.3 Å². The molecule has 1 amide bonds. The lowest BCUT2D eigenvalue weighted by atomic mass is 10.0. The van der Waals surface area contributed by atoms with Crippen molar-refractivity contribution in [3.05, 3.63) is 70.6 Å². The maximum atomic E-state index is 12.7. The molecule has 0 radical (unpaired) electrons. The summed E-state index contributed by atoms with van der Waals surface area (Å²) >= 11 is 1.27. The molecular formula is C25H20N2O3S. The van der Waals surface area contributed by atoms with Gasteiger partial charge >= 0.3 is 0 Å². The third-order valence-corrected chi connectivity index (χ3v) is 5.63. The second-order valence-electron chi connectivity index (χ2n) is 6.85. The molecule has 3 aromatic carbocycles. The molecule has 1 aliphatic heterocycles. The van der Waals surface area contributed by atoms with Crippen molar-refractivity contribution in [2.45, 2.75) is 6.92 Å². The van der Waals surface area contributed by atoms with Crippen LogP contribution in [0.4, 0.5) is 5.69 Å². The molecule has 3 aromatic rings. The summed E-state index contributed by atoms with van der Waals surface area (Å²) in [7, 11) is 1.60. The molecule has 0 bridgehead atoms. The molecule has 154 valence electrons. The van der Waals surface area contributed by atoms with E-state index in [0.717, 1.165) is 21.9 Å². The second kappa shape index (κ2) is 8.99. The summed E-state index contributed by atoms with van der Waals surface area (Å²) in [5.41, 5.74) is 2.52. The van der Waals surface area contributed by atoms with E-state index in [0.29, 0.717) is 27.3 Å². The van der Waals surface area contributed by atoms with Gasteiger partial charge in [-0.05, 0) is 59.3 Å². The highest BCUT2D eigenvalue weighted by molar-refractivity contribution is 8.18. The summed E-state index contributed by atoms with van der Waals surface area (Å²) < 4.78 is 11.1. The normalized spacial score (nSPS) is 15.8. The molecule has 0 saturated carbocycles. The SMILES string of the molecule is C#CCOc1ccc2ccccc2c1/C=C1\SC(=Nc2cc(C)ccc2OC)NC1=O. The molecule has 1 fully saturated rings. The van der Waals surface area contributed by atoms with E-state index in [1.807, 2.05) is 67.6 Å². The first-order valence-electron chi connectivity index (χ1n) is 9.61. The Morgan fingerprint density at radius 1 is 1.16 bits per heavy atom. The van der Waals surface area contributed by atoms with Gasteiger partial charge in [-0.15, -0.1) is 6.42 Å². The van der Waals surface area contributed by atoms with Crippen molar-refractivity contribution in [1.82, 2.24) is 5.32 Å². The lowest BCUT2D eigenvalue weighted by Gasteiger charge is -2.10. The Balaban J connectivity index is 1.74. The molecule has 0 aromatic heterocycles. The fourth-order valence-corrected chi connectivity index (χ4v) is 4.09. The minimum absolute atomic E-state index is 0.147. The highest BCUT2D eigenvalue weighted by Crippen LogP contribution is 2.36. The molecule has 5 nitrogen and oxygen atoms in total. The van der Waals surface area contributed by atoms with Crippen molar-refractivity contribution in [2.24, 2.45) is 4.99 Å². The molecule has 1 saturated heterocycles. The first kappa shape index (κ1) is 20.6. The number of hydrogen-bond donors (Lipinski definition) is 1. The van der Waals surface area contributed by atoms with E-state index in [1.54, 1.807) is 7.11 Å². The number of benzene rings is 3. The average molecular weight is 429 g/mol. The standard InChI is InChI=1S/C25H20N2O3S/c1-4-13-30-21-12-10-17-7-5-6-8-18(17)19(21)15-23-24(28)27-25(31-23)26-20-14-16(2)9-11-22(20)29-3/h1,5-12,14-15H,13H2,2-3H3,(H,26,27,28)/b23-15-. The number of amides is 1. The molecule has 0 aliphatic carbocycles. The van der Waals surface area contributed by atoms with Gasteiger partial charge in [-0.3, -0.25) is 4.79 Å². The van der Waals surface area contributed by atoms with Crippen molar-refractivity contribution in [3.63, 3.8) is 0 Å². The molecule has 6 heteroatoms. The highest BCUT2D eigenvalue weighted by Gasteiger charge is 2.25. The maximum Gasteiger partial charge on any atom is 0.264 e. The fraction of sp³-hybridized carbons (Fsp3) is 0.120. The Bertz CT molecular complexity index is 1270. The molecule has 0 unspecified atom stereocenters. The number of methoxy groups -OCH3 is 1. The zero-order chi connectivity index (χ0) is 21.8. The smallest absolute Gasteiger partial charge is 0.264 e. The summed E-state index contributed by atoms with van der Waals surface area (Å²) in [6.07, 6.45) is 7.19. The van der Waals surface area contributed by atoms with E-state index < -0.39 is 0 Å². The molecular weight excluding hydrogens is 408 g/mol. The number of rotatable bonds is 5. The van der Waals surface area contributed by atoms with Crippen LogP contribution >= 0.6 is 11.8 Å². The monoisotopic (exact) mass is 428 g/mol. The van der Waals surface area contributed by atoms with Crippen molar-refractivity contribution in [1.29, 1.82) is 0 Å². The number of fused-ring (bicyclic) bond motifs is 1. The van der Waals surface area contributed by atoms with Gasteiger partial charge in [-0.25, -0.2) is 4.99 Å². The van der Waals surface area contributed by atoms with Crippen LogP contribution in [0.5, 0.6) is 11.5 Å². The summed E-state index contributed by atoms with van der Waals surface area (Å²) in [5, 5.41) is 5.34. The average Bonchev–Trinajstić information content (AvgIpc) is 3.12. The molecule has 0 atom stereocenters. The van der Waals surface area contributed by atoms with Crippen molar-refractivity contribution in [2.75, 3.05) is 13.7 Å². The molecule has 1 heterocycles. The van der Waals surface area contributed by atoms with Gasteiger partial charge in [0.15, 0.2) is 5.17 Å². The molecule has 1 N–H and O–H groups in total. The van der Waals surface area contributed by atoms with E-state index in [-0.39, 0.29) is 12.5 Å². The van der Waals surface area contributed by atoms with E-state index in [4.69, 9.17) is 15.9 Å². The van der Waals surface area contributed by atoms with Gasteiger partial charge in [0.2, 0.25) is 0 Å². The third kappa shape index (κ3) is 4.42. The van der Waals surface area contributed by atoms with Crippen LogP contribution in [0, 0.1) is 19.3 Å². The van der Waals surface area contributed by atoms with Gasteiger partial charge < -0.3 is 14.8 Å². The van der Waals surface area contributed by atoms with Gasteiger partial charge in [0.1, 0.15) is 23.8 Å². The number of thioether (sulfide) groups is 1. The van der Waals surface area contributed by atoms with Crippen molar-refractivity contribution in [3.8, 4) is 23.8 Å². The van der Waals surface area contributed by atoms with Crippen LogP contribution < -0.4 is 14.8 Å². The number of amidine groups is 1. The molecule has 4 rings (SSSR count). The quantitative estimate of drug-likeness (QED) is 0.456. The van der Waals surface area contributed by atoms with Crippen LogP contribution in [0.2, 0.25) is 0 Å². The van der Waals surface area contributed by atoms with Crippen LogP contribution in [-0.4, -0.2) is 24.8 Å². The number of nitrogens with zero attached hydrogens (tertiary/aromatic N) is 1. The summed E-state index contributed by atoms with van der Waals surface area (Å²) in [5.74, 6) is 3.54. The maximum absolute atomic E-state index is 12.7. The first-order chi connectivity index (χ1) is 15.1. The Kier molecular flexibility index (Phi) is 5.96. The lowest BCUT2D eigenvalue weighted by molar-refractivity contribution is -0.115. The Labute approximate surface area is 185 Å². The number of nitrogens with one attached hydrogen (secondary N) is 1. The Hall–Kier alpha value is -3.69.